The first kappa shape index (κ1) is 14.6. The maximum absolute atomic E-state index is 6.13. The highest BCUT2D eigenvalue weighted by Crippen LogP contribution is 2.34. The number of benzene rings is 2. The molecule has 0 radical (unpaired) electrons. The smallest absolute Gasteiger partial charge is 0.0576 e. The first-order valence-electron chi connectivity index (χ1n) is 7.35. The third-order valence-corrected chi connectivity index (χ3v) is 5.66. The van der Waals surface area contributed by atoms with E-state index < -0.39 is 0 Å². The van der Waals surface area contributed by atoms with Crippen molar-refractivity contribution in [2.75, 3.05) is 11.9 Å². The van der Waals surface area contributed by atoms with Gasteiger partial charge in [-0.2, -0.15) is 0 Å². The van der Waals surface area contributed by atoms with Crippen LogP contribution >= 0.6 is 15.9 Å². The molecule has 2 aromatic rings. The lowest BCUT2D eigenvalue weighted by Crippen LogP contribution is -2.46. The molecule has 3 rings (SSSR count). The lowest BCUT2D eigenvalue weighted by Gasteiger charge is -2.30. The Balaban J connectivity index is 1.90. The highest BCUT2D eigenvalue weighted by molar-refractivity contribution is 9.10. The molecule has 110 valence electrons. The van der Waals surface area contributed by atoms with E-state index in [-0.39, 0.29) is 5.54 Å². The Bertz CT molecular complexity index is 631. The third kappa shape index (κ3) is 2.72. The number of aryl methyl sites for hydroxylation is 2. The van der Waals surface area contributed by atoms with Crippen molar-refractivity contribution in [2.45, 2.75) is 32.2 Å². The van der Waals surface area contributed by atoms with Gasteiger partial charge in [-0.25, -0.2) is 0 Å². The van der Waals surface area contributed by atoms with E-state index in [0.717, 1.165) is 18.5 Å². The molecule has 1 aliphatic carbocycles. The fourth-order valence-corrected chi connectivity index (χ4v) is 3.53. The van der Waals surface area contributed by atoms with Crippen LogP contribution in [-0.4, -0.2) is 12.1 Å². The lowest BCUT2D eigenvalue weighted by atomic mass is 9.95. The molecule has 0 unspecified atom stereocenters. The van der Waals surface area contributed by atoms with Gasteiger partial charge in [0.05, 0.1) is 5.54 Å². The number of nitrogens with one attached hydrogen (secondary N) is 1. The van der Waals surface area contributed by atoms with Gasteiger partial charge in [0.2, 0.25) is 0 Å². The minimum Gasteiger partial charge on any atom is -0.378 e. The molecule has 0 amide bonds. The van der Waals surface area contributed by atoms with Gasteiger partial charge in [-0.05, 0) is 61.1 Å². The summed E-state index contributed by atoms with van der Waals surface area (Å²) in [5, 5.41) is 3.71. The average molecular weight is 345 g/mol. The first-order chi connectivity index (χ1) is 10.0. The van der Waals surface area contributed by atoms with E-state index >= 15 is 0 Å². The second-order valence-electron chi connectivity index (χ2n) is 6.16. The van der Waals surface area contributed by atoms with E-state index in [9.17, 15) is 0 Å². The van der Waals surface area contributed by atoms with Gasteiger partial charge in [-0.3, -0.25) is 0 Å². The van der Waals surface area contributed by atoms with Crippen molar-refractivity contribution >= 4 is 21.6 Å². The Morgan fingerprint density at radius 3 is 2.10 bits per heavy atom. The molecule has 0 fully saturated rings. The van der Waals surface area contributed by atoms with Gasteiger partial charge in [0.1, 0.15) is 0 Å². The van der Waals surface area contributed by atoms with E-state index in [0.29, 0.717) is 6.54 Å². The second kappa shape index (κ2) is 5.47. The van der Waals surface area contributed by atoms with E-state index in [1.54, 1.807) is 0 Å². The molecular formula is C18H21BrN2. The molecule has 0 saturated carbocycles. The van der Waals surface area contributed by atoms with Gasteiger partial charge >= 0.3 is 0 Å². The molecule has 3 N–H and O–H groups in total. The minimum absolute atomic E-state index is 0.0591. The normalized spacial score (nSPS) is 15.8. The van der Waals surface area contributed by atoms with Crippen LogP contribution < -0.4 is 11.1 Å². The summed E-state index contributed by atoms with van der Waals surface area (Å²) in [6, 6.07) is 13.0. The number of halogens is 1. The maximum Gasteiger partial charge on any atom is 0.0576 e. The van der Waals surface area contributed by atoms with Crippen molar-refractivity contribution in [1.29, 1.82) is 0 Å². The number of anilines is 1. The minimum atomic E-state index is -0.0591. The van der Waals surface area contributed by atoms with Gasteiger partial charge in [0.15, 0.2) is 0 Å². The summed E-state index contributed by atoms with van der Waals surface area (Å²) in [5.74, 6) is 0. The zero-order valence-corrected chi connectivity index (χ0v) is 14.1. The van der Waals surface area contributed by atoms with E-state index in [2.05, 4.69) is 71.5 Å². The number of hydrogen-bond acceptors (Lipinski definition) is 2. The molecule has 2 aromatic carbocycles. The zero-order valence-electron chi connectivity index (χ0n) is 12.5. The predicted molar refractivity (Wildman–Crippen MR) is 92.9 cm³/mol. The summed E-state index contributed by atoms with van der Waals surface area (Å²) in [6.07, 6.45) is 1.99. The highest BCUT2D eigenvalue weighted by Gasteiger charge is 2.35. The summed E-state index contributed by atoms with van der Waals surface area (Å²) < 4.78 is 1.18. The van der Waals surface area contributed by atoms with Crippen LogP contribution in [0.5, 0.6) is 0 Å². The fourth-order valence-electron chi connectivity index (χ4n) is 3.30. The van der Waals surface area contributed by atoms with Crippen molar-refractivity contribution in [3.63, 3.8) is 0 Å². The van der Waals surface area contributed by atoms with E-state index in [1.807, 2.05) is 0 Å². The summed E-state index contributed by atoms with van der Waals surface area (Å²) in [4.78, 5) is 0. The summed E-state index contributed by atoms with van der Waals surface area (Å²) in [6.45, 7) is 4.89. The summed E-state index contributed by atoms with van der Waals surface area (Å²) in [5.41, 5.74) is 12.6. The Labute approximate surface area is 134 Å². The molecule has 2 nitrogen and oxygen atoms in total. The quantitative estimate of drug-likeness (QED) is 0.883. The van der Waals surface area contributed by atoms with Crippen molar-refractivity contribution in [1.82, 2.24) is 0 Å². The number of rotatable bonds is 3. The van der Waals surface area contributed by atoms with Gasteiger partial charge in [-0.1, -0.05) is 40.2 Å². The lowest BCUT2D eigenvalue weighted by molar-refractivity contribution is 0.504. The molecule has 0 aliphatic heterocycles. The van der Waals surface area contributed by atoms with Gasteiger partial charge in [-0.15, -0.1) is 0 Å². The van der Waals surface area contributed by atoms with Crippen LogP contribution in [0.3, 0.4) is 0 Å². The topological polar surface area (TPSA) is 38.0 Å². The van der Waals surface area contributed by atoms with Crippen molar-refractivity contribution in [3.05, 3.63) is 63.1 Å². The molecule has 0 spiro atoms. The molecule has 3 heteroatoms. The first-order valence-corrected chi connectivity index (χ1v) is 8.14. The van der Waals surface area contributed by atoms with Crippen LogP contribution in [0.4, 0.5) is 5.69 Å². The second-order valence-corrected chi connectivity index (χ2v) is 6.95. The van der Waals surface area contributed by atoms with Crippen molar-refractivity contribution in [3.8, 4) is 0 Å². The van der Waals surface area contributed by atoms with Crippen LogP contribution in [0.25, 0.3) is 0 Å². The van der Waals surface area contributed by atoms with E-state index in [1.165, 1.54) is 26.7 Å². The van der Waals surface area contributed by atoms with Gasteiger partial charge < -0.3 is 11.1 Å². The van der Waals surface area contributed by atoms with Crippen LogP contribution in [-0.2, 0) is 12.8 Å². The number of hydrogen-bond donors (Lipinski definition) is 2. The van der Waals surface area contributed by atoms with Gasteiger partial charge in [0.25, 0.3) is 0 Å². The monoisotopic (exact) mass is 344 g/mol. The number of fused-ring (bicyclic) bond motifs is 1. The van der Waals surface area contributed by atoms with Crippen LogP contribution in [0.1, 0.15) is 22.3 Å². The molecule has 0 bridgehead atoms. The zero-order chi connectivity index (χ0) is 15.0. The van der Waals surface area contributed by atoms with Crippen molar-refractivity contribution < 1.29 is 0 Å². The summed E-state index contributed by atoms with van der Waals surface area (Å²) >= 11 is 3.63. The Kier molecular flexibility index (Phi) is 3.80. The van der Waals surface area contributed by atoms with Crippen LogP contribution in [0.2, 0.25) is 0 Å². The summed E-state index contributed by atoms with van der Waals surface area (Å²) in [7, 11) is 0. The average Bonchev–Trinajstić information content (AvgIpc) is 2.83. The molecule has 0 saturated heterocycles. The van der Waals surface area contributed by atoms with E-state index in [4.69, 9.17) is 5.73 Å². The Hall–Kier alpha value is -1.32. The van der Waals surface area contributed by atoms with Crippen LogP contribution in [0, 0.1) is 13.8 Å². The molecule has 21 heavy (non-hydrogen) atoms. The fraction of sp³-hybridized carbons (Fsp3) is 0.333. The maximum atomic E-state index is 6.13. The highest BCUT2D eigenvalue weighted by atomic mass is 79.9. The SMILES string of the molecule is Cc1cc(NC2(CN)Cc3ccccc3C2)cc(C)c1Br. The van der Waals surface area contributed by atoms with Crippen LogP contribution in [0.15, 0.2) is 40.9 Å². The molecule has 1 aliphatic rings. The predicted octanol–water partition coefficient (Wildman–Crippen LogP) is 3.97. The Morgan fingerprint density at radius 2 is 1.62 bits per heavy atom. The molecule has 0 heterocycles. The van der Waals surface area contributed by atoms with Gasteiger partial charge in [0, 0.05) is 16.7 Å². The van der Waals surface area contributed by atoms with Crippen molar-refractivity contribution in [2.24, 2.45) is 5.73 Å². The molecule has 0 atom stereocenters. The molecular weight excluding hydrogens is 324 g/mol. The standard InChI is InChI=1S/C18H21BrN2/c1-12-7-16(8-13(2)17(12)19)21-18(11-20)9-14-5-3-4-6-15(14)10-18/h3-8,21H,9-11,20H2,1-2H3. The number of nitrogens with two attached hydrogens (primary N) is 1. The molecule has 0 aromatic heterocycles. The Morgan fingerprint density at radius 1 is 1.10 bits per heavy atom. The largest absolute Gasteiger partial charge is 0.378 e. The third-order valence-electron chi connectivity index (χ3n) is 4.41.